The number of hydrogen-bond acceptors (Lipinski definition) is 4. The summed E-state index contributed by atoms with van der Waals surface area (Å²) in [4.78, 5) is 20.6. The Hall–Kier alpha value is -2.01. The summed E-state index contributed by atoms with van der Waals surface area (Å²) in [6.07, 6.45) is 4.07. The second-order valence-corrected chi connectivity index (χ2v) is 4.15. The minimum atomic E-state index is -0.0164. The number of ether oxygens (including phenoxy) is 1. The molecule has 92 valence electrons. The maximum atomic E-state index is 12.1. The fourth-order valence-electron chi connectivity index (χ4n) is 2.08. The van der Waals surface area contributed by atoms with Gasteiger partial charge in [0.15, 0.2) is 0 Å². The van der Waals surface area contributed by atoms with Gasteiger partial charge in [0, 0.05) is 30.4 Å². The minimum absolute atomic E-state index is 0.0164. The molecule has 18 heavy (non-hydrogen) atoms. The molecule has 0 spiro atoms. The molecule has 0 fully saturated rings. The molecule has 1 aliphatic heterocycles. The van der Waals surface area contributed by atoms with Crippen LogP contribution in [-0.2, 0) is 17.7 Å². The molecule has 0 unspecified atom stereocenters. The third-order valence-corrected chi connectivity index (χ3v) is 2.99. The van der Waals surface area contributed by atoms with E-state index in [4.69, 9.17) is 4.74 Å². The monoisotopic (exact) mass is 243 g/mol. The number of nitrogens with zero attached hydrogens (tertiary/aromatic N) is 3. The zero-order valence-corrected chi connectivity index (χ0v) is 9.87. The number of hydrogen-bond donors (Lipinski definition) is 0. The normalized spacial score (nSPS) is 14.9. The molecule has 0 bridgehead atoms. The maximum absolute atomic E-state index is 12.1. The molecule has 3 rings (SSSR count). The Morgan fingerprint density at radius 1 is 1.22 bits per heavy atom. The first-order valence-electron chi connectivity index (χ1n) is 5.93. The smallest absolute Gasteiger partial charge is 0.254 e. The standard InChI is InChI=1S/C13H13N3O2/c17-13-9-11(10-1-4-14-5-2-10)15-12-3-7-18-8-6-16(12)13/h1-2,4-5,9H,3,6-8H2. The lowest BCUT2D eigenvalue weighted by atomic mass is 10.2. The maximum Gasteiger partial charge on any atom is 0.254 e. The third-order valence-electron chi connectivity index (χ3n) is 2.99. The highest BCUT2D eigenvalue weighted by Gasteiger charge is 2.12. The van der Waals surface area contributed by atoms with E-state index in [-0.39, 0.29) is 5.56 Å². The first-order chi connectivity index (χ1) is 8.84. The molecule has 0 saturated heterocycles. The Balaban J connectivity index is 2.11. The van der Waals surface area contributed by atoms with Crippen LogP contribution in [0.1, 0.15) is 5.82 Å². The average molecular weight is 243 g/mol. The van der Waals surface area contributed by atoms with Crippen LogP contribution < -0.4 is 5.56 Å². The quantitative estimate of drug-likeness (QED) is 0.746. The van der Waals surface area contributed by atoms with Crippen molar-refractivity contribution in [1.82, 2.24) is 14.5 Å². The first kappa shape index (κ1) is 11.1. The Labute approximate surface area is 104 Å². The van der Waals surface area contributed by atoms with E-state index in [9.17, 15) is 4.79 Å². The molecule has 0 radical (unpaired) electrons. The largest absolute Gasteiger partial charge is 0.379 e. The van der Waals surface area contributed by atoms with E-state index >= 15 is 0 Å². The van der Waals surface area contributed by atoms with E-state index in [1.165, 1.54) is 0 Å². The van der Waals surface area contributed by atoms with Crippen LogP contribution in [0.25, 0.3) is 11.3 Å². The van der Waals surface area contributed by atoms with E-state index in [1.54, 1.807) is 23.0 Å². The summed E-state index contributed by atoms with van der Waals surface area (Å²) in [7, 11) is 0. The van der Waals surface area contributed by atoms with Crippen molar-refractivity contribution in [2.45, 2.75) is 13.0 Å². The van der Waals surface area contributed by atoms with Crippen molar-refractivity contribution >= 4 is 0 Å². The first-order valence-corrected chi connectivity index (χ1v) is 5.93. The molecule has 2 aromatic heterocycles. The predicted octanol–water partition coefficient (Wildman–Crippen LogP) is 0.878. The lowest BCUT2D eigenvalue weighted by Gasteiger charge is -2.09. The van der Waals surface area contributed by atoms with Crippen LogP contribution in [-0.4, -0.2) is 27.7 Å². The van der Waals surface area contributed by atoms with Crippen LogP contribution in [0, 0.1) is 0 Å². The Bertz CT molecular complexity index is 607. The summed E-state index contributed by atoms with van der Waals surface area (Å²) in [5.41, 5.74) is 1.60. The van der Waals surface area contributed by atoms with Gasteiger partial charge in [0.1, 0.15) is 5.82 Å². The van der Waals surface area contributed by atoms with Gasteiger partial charge in [-0.15, -0.1) is 0 Å². The number of rotatable bonds is 1. The molecule has 2 aromatic rings. The summed E-state index contributed by atoms with van der Waals surface area (Å²) in [5.74, 6) is 0.798. The number of aromatic nitrogens is 3. The summed E-state index contributed by atoms with van der Waals surface area (Å²) in [6.45, 7) is 1.77. The molecular formula is C13H13N3O2. The van der Waals surface area contributed by atoms with Crippen LogP contribution in [0.15, 0.2) is 35.4 Å². The molecule has 5 nitrogen and oxygen atoms in total. The molecule has 1 aliphatic rings. The van der Waals surface area contributed by atoms with Gasteiger partial charge in [0.2, 0.25) is 0 Å². The van der Waals surface area contributed by atoms with Gasteiger partial charge >= 0.3 is 0 Å². The van der Waals surface area contributed by atoms with Crippen LogP contribution in [0.3, 0.4) is 0 Å². The van der Waals surface area contributed by atoms with Gasteiger partial charge in [0.25, 0.3) is 5.56 Å². The minimum Gasteiger partial charge on any atom is -0.379 e. The Morgan fingerprint density at radius 3 is 2.89 bits per heavy atom. The predicted molar refractivity (Wildman–Crippen MR) is 66.3 cm³/mol. The van der Waals surface area contributed by atoms with Crippen molar-refractivity contribution in [2.24, 2.45) is 0 Å². The highest BCUT2D eigenvalue weighted by Crippen LogP contribution is 2.15. The summed E-state index contributed by atoms with van der Waals surface area (Å²) < 4.78 is 7.06. The van der Waals surface area contributed by atoms with E-state index < -0.39 is 0 Å². The number of fused-ring (bicyclic) bond motifs is 1. The third kappa shape index (κ3) is 2.04. The topological polar surface area (TPSA) is 57.0 Å². The molecule has 0 aromatic carbocycles. The van der Waals surface area contributed by atoms with E-state index in [0.29, 0.717) is 31.9 Å². The SMILES string of the molecule is O=c1cc(-c2ccncc2)nc2n1CCOCC2. The molecule has 5 heteroatoms. The second-order valence-electron chi connectivity index (χ2n) is 4.15. The fraction of sp³-hybridized carbons (Fsp3) is 0.308. The summed E-state index contributed by atoms with van der Waals surface area (Å²) in [6, 6.07) is 5.28. The molecule has 0 N–H and O–H groups in total. The highest BCUT2D eigenvalue weighted by molar-refractivity contribution is 5.57. The average Bonchev–Trinajstić information content (AvgIpc) is 2.65. The molecule has 0 saturated carbocycles. The van der Waals surface area contributed by atoms with Gasteiger partial charge in [-0.25, -0.2) is 4.98 Å². The Morgan fingerprint density at radius 2 is 2.06 bits per heavy atom. The summed E-state index contributed by atoms with van der Waals surface area (Å²) >= 11 is 0. The van der Waals surface area contributed by atoms with Gasteiger partial charge in [-0.2, -0.15) is 0 Å². The van der Waals surface area contributed by atoms with Crippen LogP contribution in [0.4, 0.5) is 0 Å². The van der Waals surface area contributed by atoms with Crippen molar-refractivity contribution in [3.05, 3.63) is 46.8 Å². The van der Waals surface area contributed by atoms with Crippen molar-refractivity contribution in [3.63, 3.8) is 0 Å². The van der Waals surface area contributed by atoms with Crippen molar-refractivity contribution in [2.75, 3.05) is 13.2 Å². The van der Waals surface area contributed by atoms with Gasteiger partial charge in [-0.1, -0.05) is 0 Å². The van der Waals surface area contributed by atoms with Gasteiger partial charge < -0.3 is 4.74 Å². The molecule has 0 atom stereocenters. The van der Waals surface area contributed by atoms with Gasteiger partial charge in [0.05, 0.1) is 25.5 Å². The molecule has 0 amide bonds. The fourth-order valence-corrected chi connectivity index (χ4v) is 2.08. The van der Waals surface area contributed by atoms with Crippen molar-refractivity contribution < 1.29 is 4.74 Å². The zero-order valence-electron chi connectivity index (χ0n) is 9.87. The van der Waals surface area contributed by atoms with Crippen LogP contribution in [0.2, 0.25) is 0 Å². The van der Waals surface area contributed by atoms with E-state index in [2.05, 4.69) is 9.97 Å². The van der Waals surface area contributed by atoms with Gasteiger partial charge in [-0.05, 0) is 12.1 Å². The molecular weight excluding hydrogens is 230 g/mol. The van der Waals surface area contributed by atoms with Crippen molar-refractivity contribution in [1.29, 1.82) is 0 Å². The van der Waals surface area contributed by atoms with E-state index in [1.807, 2.05) is 12.1 Å². The second kappa shape index (κ2) is 4.70. The van der Waals surface area contributed by atoms with Crippen LogP contribution in [0.5, 0.6) is 0 Å². The molecule has 0 aliphatic carbocycles. The zero-order chi connectivity index (χ0) is 12.4. The van der Waals surface area contributed by atoms with E-state index in [0.717, 1.165) is 11.4 Å². The number of pyridine rings is 1. The lowest BCUT2D eigenvalue weighted by Crippen LogP contribution is -2.25. The lowest BCUT2D eigenvalue weighted by molar-refractivity contribution is 0.140. The van der Waals surface area contributed by atoms with Crippen molar-refractivity contribution in [3.8, 4) is 11.3 Å². The highest BCUT2D eigenvalue weighted by atomic mass is 16.5. The van der Waals surface area contributed by atoms with Crippen LogP contribution >= 0.6 is 0 Å². The molecule has 3 heterocycles. The summed E-state index contributed by atoms with van der Waals surface area (Å²) in [5, 5.41) is 0. The Kier molecular flexibility index (Phi) is 2.90. The van der Waals surface area contributed by atoms with Gasteiger partial charge in [-0.3, -0.25) is 14.3 Å².